The van der Waals surface area contributed by atoms with Gasteiger partial charge in [0, 0.05) is 0 Å². The van der Waals surface area contributed by atoms with Crippen LogP contribution < -0.4 is 15.8 Å². The van der Waals surface area contributed by atoms with Crippen molar-refractivity contribution < 1.29 is 14.3 Å². The molecular formula is C14H24N4O3. The van der Waals surface area contributed by atoms with Gasteiger partial charge in [-0.05, 0) is 26.2 Å². The van der Waals surface area contributed by atoms with Gasteiger partial charge in [-0.25, -0.2) is 9.78 Å². The summed E-state index contributed by atoms with van der Waals surface area (Å²) in [5.74, 6) is 0.636. The fraction of sp³-hybridized carbons (Fsp3) is 0.643. The molecular weight excluding hydrogens is 272 g/mol. The number of nitrogens with two attached hydrogens (primary N) is 1. The van der Waals surface area contributed by atoms with Gasteiger partial charge < -0.3 is 20.5 Å². The summed E-state index contributed by atoms with van der Waals surface area (Å²) in [6.07, 6.45) is 1.90. The molecule has 0 fully saturated rings. The molecule has 7 heteroatoms. The van der Waals surface area contributed by atoms with E-state index in [0.29, 0.717) is 24.0 Å². The first-order chi connectivity index (χ1) is 9.85. The zero-order valence-electron chi connectivity index (χ0n) is 13.2. The fourth-order valence-electron chi connectivity index (χ4n) is 1.80. The van der Waals surface area contributed by atoms with Gasteiger partial charge in [0.05, 0.1) is 13.2 Å². The summed E-state index contributed by atoms with van der Waals surface area (Å²) in [6.45, 7) is 7.80. The zero-order chi connectivity index (χ0) is 16.0. The average Bonchev–Trinajstić information content (AvgIpc) is 2.40. The van der Waals surface area contributed by atoms with E-state index in [-0.39, 0.29) is 17.8 Å². The lowest BCUT2D eigenvalue weighted by atomic mass is 10.0. The maximum absolute atomic E-state index is 11.8. The summed E-state index contributed by atoms with van der Waals surface area (Å²) in [4.78, 5) is 19.9. The molecule has 0 aliphatic carbocycles. The monoisotopic (exact) mass is 296 g/mol. The van der Waals surface area contributed by atoms with Crippen molar-refractivity contribution >= 4 is 17.5 Å². The summed E-state index contributed by atoms with van der Waals surface area (Å²) in [5, 5.41) is 3.01. The van der Waals surface area contributed by atoms with E-state index in [1.165, 1.54) is 13.4 Å². The summed E-state index contributed by atoms with van der Waals surface area (Å²) in [5.41, 5.74) is 6.27. The van der Waals surface area contributed by atoms with Crippen LogP contribution in [-0.4, -0.2) is 35.2 Å². The Labute approximate surface area is 125 Å². The molecule has 1 atom stereocenters. The van der Waals surface area contributed by atoms with Crippen molar-refractivity contribution in [1.82, 2.24) is 9.97 Å². The van der Waals surface area contributed by atoms with Crippen molar-refractivity contribution in [3.8, 4) is 5.88 Å². The Morgan fingerprint density at radius 3 is 2.52 bits per heavy atom. The third kappa shape index (κ3) is 5.09. The Morgan fingerprint density at radius 1 is 1.33 bits per heavy atom. The molecule has 0 aliphatic heterocycles. The van der Waals surface area contributed by atoms with E-state index in [2.05, 4.69) is 15.3 Å². The quantitative estimate of drug-likeness (QED) is 0.740. The molecule has 0 aliphatic rings. The minimum absolute atomic E-state index is 0.0536. The maximum Gasteiger partial charge on any atom is 0.328 e. The van der Waals surface area contributed by atoms with Gasteiger partial charge in [-0.2, -0.15) is 4.98 Å². The molecule has 1 heterocycles. The molecule has 1 aromatic heterocycles. The van der Waals surface area contributed by atoms with E-state index in [1.807, 2.05) is 27.7 Å². The number of rotatable bonds is 7. The summed E-state index contributed by atoms with van der Waals surface area (Å²) in [6, 6.07) is -0.515. The Hall–Kier alpha value is -2.05. The van der Waals surface area contributed by atoms with Gasteiger partial charge in [0.25, 0.3) is 0 Å². The highest BCUT2D eigenvalue weighted by atomic mass is 16.5. The molecule has 0 saturated carbocycles. The maximum atomic E-state index is 11.8. The van der Waals surface area contributed by atoms with Crippen LogP contribution in [0.4, 0.5) is 11.5 Å². The van der Waals surface area contributed by atoms with Crippen molar-refractivity contribution in [2.24, 2.45) is 5.92 Å². The van der Waals surface area contributed by atoms with Gasteiger partial charge in [0.15, 0.2) is 5.82 Å². The van der Waals surface area contributed by atoms with E-state index in [1.54, 1.807) is 0 Å². The number of nitrogens with one attached hydrogen (secondary N) is 1. The molecule has 118 valence electrons. The molecule has 0 saturated heterocycles. The number of aromatic nitrogens is 2. The van der Waals surface area contributed by atoms with E-state index in [9.17, 15) is 4.79 Å². The second-order valence-electron chi connectivity index (χ2n) is 5.46. The van der Waals surface area contributed by atoms with Crippen molar-refractivity contribution in [1.29, 1.82) is 0 Å². The second kappa shape index (κ2) is 7.66. The molecule has 0 radical (unpaired) electrons. The lowest BCUT2D eigenvalue weighted by Crippen LogP contribution is -2.32. The number of anilines is 2. The first kappa shape index (κ1) is 17.0. The standard InChI is InChI=1S/C14H24N4O3/c1-8(2)6-10(14(19)20-5)18-12-11(15)13(17-7-16-12)21-9(3)4/h7-10H,6,15H2,1-5H3,(H,16,17,18). The molecule has 0 amide bonds. The number of carbonyl (C=O) groups excluding carboxylic acids is 1. The summed E-state index contributed by atoms with van der Waals surface area (Å²) >= 11 is 0. The Balaban J connectivity index is 2.95. The lowest BCUT2D eigenvalue weighted by molar-refractivity contribution is -0.141. The third-order valence-electron chi connectivity index (χ3n) is 2.70. The molecule has 1 aromatic rings. The second-order valence-corrected chi connectivity index (χ2v) is 5.46. The van der Waals surface area contributed by atoms with Crippen molar-refractivity contribution in [3.63, 3.8) is 0 Å². The number of carbonyl (C=O) groups is 1. The molecule has 21 heavy (non-hydrogen) atoms. The minimum Gasteiger partial charge on any atom is -0.473 e. The first-order valence-electron chi connectivity index (χ1n) is 6.96. The average molecular weight is 296 g/mol. The summed E-state index contributed by atoms with van der Waals surface area (Å²) in [7, 11) is 1.36. The van der Waals surface area contributed by atoms with Crippen LogP contribution in [-0.2, 0) is 9.53 Å². The number of hydrogen-bond acceptors (Lipinski definition) is 7. The topological polar surface area (TPSA) is 99.4 Å². The molecule has 0 bridgehead atoms. The molecule has 3 N–H and O–H groups in total. The predicted octanol–water partition coefficient (Wildman–Crippen LogP) is 1.85. The van der Waals surface area contributed by atoms with Crippen LogP contribution in [0.15, 0.2) is 6.33 Å². The minimum atomic E-state index is -0.515. The highest BCUT2D eigenvalue weighted by Gasteiger charge is 2.22. The van der Waals surface area contributed by atoms with Crippen molar-refractivity contribution in [2.75, 3.05) is 18.2 Å². The molecule has 0 spiro atoms. The number of methoxy groups -OCH3 is 1. The van der Waals surface area contributed by atoms with Crippen LogP contribution in [0.3, 0.4) is 0 Å². The van der Waals surface area contributed by atoms with Crippen molar-refractivity contribution in [2.45, 2.75) is 46.3 Å². The Kier molecular flexibility index (Phi) is 6.20. The Bertz CT molecular complexity index is 477. The lowest BCUT2D eigenvalue weighted by Gasteiger charge is -2.20. The SMILES string of the molecule is COC(=O)C(CC(C)C)Nc1ncnc(OC(C)C)c1N. The van der Waals surface area contributed by atoms with Gasteiger partial charge in [0.2, 0.25) is 5.88 Å². The largest absolute Gasteiger partial charge is 0.473 e. The molecule has 0 aromatic carbocycles. The van der Waals surface area contributed by atoms with Gasteiger partial charge in [-0.1, -0.05) is 13.8 Å². The number of ether oxygens (including phenoxy) is 2. The van der Waals surface area contributed by atoms with E-state index in [4.69, 9.17) is 15.2 Å². The fourth-order valence-corrected chi connectivity index (χ4v) is 1.80. The first-order valence-corrected chi connectivity index (χ1v) is 6.96. The highest BCUT2D eigenvalue weighted by Crippen LogP contribution is 2.26. The Morgan fingerprint density at radius 2 is 2.00 bits per heavy atom. The third-order valence-corrected chi connectivity index (χ3v) is 2.70. The molecule has 1 unspecified atom stereocenters. The highest BCUT2D eigenvalue weighted by molar-refractivity contribution is 5.80. The smallest absolute Gasteiger partial charge is 0.328 e. The number of esters is 1. The van der Waals surface area contributed by atoms with E-state index >= 15 is 0 Å². The van der Waals surface area contributed by atoms with Gasteiger partial charge in [-0.3, -0.25) is 0 Å². The van der Waals surface area contributed by atoms with Crippen LogP contribution in [0, 0.1) is 5.92 Å². The van der Waals surface area contributed by atoms with E-state index < -0.39 is 6.04 Å². The molecule has 7 nitrogen and oxygen atoms in total. The van der Waals surface area contributed by atoms with Crippen molar-refractivity contribution in [3.05, 3.63) is 6.33 Å². The van der Waals surface area contributed by atoms with Crippen LogP contribution in [0.5, 0.6) is 5.88 Å². The van der Waals surface area contributed by atoms with Gasteiger partial charge >= 0.3 is 5.97 Å². The van der Waals surface area contributed by atoms with Crippen LogP contribution in [0.1, 0.15) is 34.1 Å². The van der Waals surface area contributed by atoms with Crippen LogP contribution in [0.25, 0.3) is 0 Å². The number of nitrogen functional groups attached to an aromatic ring is 1. The van der Waals surface area contributed by atoms with Crippen LogP contribution in [0.2, 0.25) is 0 Å². The van der Waals surface area contributed by atoms with Crippen LogP contribution >= 0.6 is 0 Å². The number of nitrogens with zero attached hydrogens (tertiary/aromatic N) is 2. The van der Waals surface area contributed by atoms with Gasteiger partial charge in [-0.15, -0.1) is 0 Å². The van der Waals surface area contributed by atoms with E-state index in [0.717, 1.165) is 0 Å². The molecule has 1 rings (SSSR count). The normalized spacial score (nSPS) is 12.3. The zero-order valence-corrected chi connectivity index (χ0v) is 13.2. The predicted molar refractivity (Wildman–Crippen MR) is 81.1 cm³/mol. The number of hydrogen-bond donors (Lipinski definition) is 2. The summed E-state index contributed by atoms with van der Waals surface area (Å²) < 4.78 is 10.3. The van der Waals surface area contributed by atoms with Gasteiger partial charge in [0.1, 0.15) is 18.1 Å².